The van der Waals surface area contributed by atoms with Gasteiger partial charge in [-0.15, -0.1) is 0 Å². The van der Waals surface area contributed by atoms with Crippen molar-refractivity contribution in [2.24, 2.45) is 7.05 Å². The molecule has 166 valence electrons. The molecule has 0 N–H and O–H groups in total. The third-order valence-electron chi connectivity index (χ3n) is 4.67. The molecule has 0 aliphatic rings. The van der Waals surface area contributed by atoms with Gasteiger partial charge in [0.2, 0.25) is 0 Å². The third kappa shape index (κ3) is 6.31. The fourth-order valence-electron chi connectivity index (χ4n) is 3.18. The zero-order chi connectivity index (χ0) is 23.1. The molecule has 1 aromatic heterocycles. The Morgan fingerprint density at radius 1 is 1.09 bits per heavy atom. The largest absolute Gasteiger partial charge is 0.493 e. The maximum absolute atomic E-state index is 12.5. The number of carbonyl (C=O) groups is 2. The number of hydrogen-bond donors (Lipinski definition) is 0. The molecule has 0 fully saturated rings. The minimum absolute atomic E-state index is 0.0609. The highest BCUT2D eigenvalue weighted by molar-refractivity contribution is 5.95. The number of allylic oxidation sites excluding steroid dienone is 1. The predicted molar refractivity (Wildman–Crippen MR) is 121 cm³/mol. The Morgan fingerprint density at radius 3 is 2.59 bits per heavy atom. The lowest BCUT2D eigenvalue weighted by molar-refractivity contribution is -0.132. The summed E-state index contributed by atoms with van der Waals surface area (Å²) in [5, 5.41) is 4.31. The second-order valence-electron chi connectivity index (χ2n) is 7.32. The summed E-state index contributed by atoms with van der Waals surface area (Å²) in [6, 6.07) is 14.6. The predicted octanol–water partition coefficient (Wildman–Crippen LogP) is 4.07. The highest BCUT2D eigenvalue weighted by Crippen LogP contribution is 2.28. The normalized spacial score (nSPS) is 10.9. The van der Waals surface area contributed by atoms with E-state index >= 15 is 0 Å². The van der Waals surface area contributed by atoms with Crippen LogP contribution in [0.2, 0.25) is 0 Å². The van der Waals surface area contributed by atoms with Gasteiger partial charge in [0.1, 0.15) is 12.4 Å². The minimum Gasteiger partial charge on any atom is -0.493 e. The molecule has 7 nitrogen and oxygen atoms in total. The zero-order valence-corrected chi connectivity index (χ0v) is 18.6. The van der Waals surface area contributed by atoms with Gasteiger partial charge in [0.25, 0.3) is 0 Å². The molecule has 3 rings (SSSR count). The smallest absolute Gasteiger partial charge is 0.308 e. The van der Waals surface area contributed by atoms with E-state index in [1.807, 2.05) is 44.3 Å². The van der Waals surface area contributed by atoms with E-state index in [2.05, 4.69) is 5.10 Å². The number of esters is 1. The van der Waals surface area contributed by atoms with Crippen molar-refractivity contribution in [2.75, 3.05) is 7.11 Å². The highest BCUT2D eigenvalue weighted by Gasteiger charge is 2.08. The van der Waals surface area contributed by atoms with E-state index in [1.165, 1.54) is 20.1 Å². The second kappa shape index (κ2) is 10.4. The van der Waals surface area contributed by atoms with Gasteiger partial charge in [-0.2, -0.15) is 5.10 Å². The Kier molecular flexibility index (Phi) is 7.44. The van der Waals surface area contributed by atoms with Crippen LogP contribution < -0.4 is 14.2 Å². The number of hydrogen-bond acceptors (Lipinski definition) is 6. The second-order valence-corrected chi connectivity index (χ2v) is 7.32. The molecule has 32 heavy (non-hydrogen) atoms. The van der Waals surface area contributed by atoms with Crippen molar-refractivity contribution in [1.82, 2.24) is 9.78 Å². The fourth-order valence-corrected chi connectivity index (χ4v) is 3.18. The van der Waals surface area contributed by atoms with Gasteiger partial charge >= 0.3 is 5.97 Å². The van der Waals surface area contributed by atoms with Crippen molar-refractivity contribution in [3.8, 4) is 17.2 Å². The molecule has 0 saturated heterocycles. The van der Waals surface area contributed by atoms with Crippen LogP contribution >= 0.6 is 0 Å². The first-order valence-corrected chi connectivity index (χ1v) is 10.1. The van der Waals surface area contributed by atoms with Gasteiger partial charge in [-0.05, 0) is 54.5 Å². The molecular formula is C25H26N2O5. The van der Waals surface area contributed by atoms with E-state index in [0.29, 0.717) is 23.9 Å². The summed E-state index contributed by atoms with van der Waals surface area (Å²) in [4.78, 5) is 23.7. The molecule has 3 aromatic rings. The summed E-state index contributed by atoms with van der Waals surface area (Å²) >= 11 is 0. The maximum atomic E-state index is 12.5. The molecule has 2 aromatic carbocycles. The van der Waals surface area contributed by atoms with E-state index in [4.69, 9.17) is 14.2 Å². The molecular weight excluding hydrogens is 408 g/mol. The summed E-state index contributed by atoms with van der Waals surface area (Å²) in [6.45, 7) is 3.66. The standard InChI is InChI=1S/C25H26N2O5/c1-17-12-21(27(3)26-17)16-31-23-7-5-6-20(14-23)13-22(29)10-8-19-9-11-24(30-4)25(15-19)32-18(2)28/h5-12,14-15H,13,16H2,1-4H3/b10-8+. The Hall–Kier alpha value is -3.87. The van der Waals surface area contributed by atoms with Crippen LogP contribution in [0.1, 0.15) is 29.4 Å². The Balaban J connectivity index is 1.62. The topological polar surface area (TPSA) is 79.7 Å². The Morgan fingerprint density at radius 2 is 1.91 bits per heavy atom. The quantitative estimate of drug-likeness (QED) is 0.287. The summed E-state index contributed by atoms with van der Waals surface area (Å²) in [5.74, 6) is 0.944. The minimum atomic E-state index is -0.443. The lowest BCUT2D eigenvalue weighted by Crippen LogP contribution is -2.04. The molecule has 0 saturated carbocycles. The van der Waals surface area contributed by atoms with Crippen molar-refractivity contribution in [3.05, 3.63) is 77.1 Å². The number of nitrogens with zero attached hydrogens (tertiary/aromatic N) is 2. The average molecular weight is 434 g/mol. The number of benzene rings is 2. The molecule has 0 bridgehead atoms. The number of ether oxygens (including phenoxy) is 3. The molecule has 0 radical (unpaired) electrons. The molecule has 0 amide bonds. The van der Waals surface area contributed by atoms with Gasteiger partial charge in [-0.25, -0.2) is 0 Å². The van der Waals surface area contributed by atoms with Crippen LogP contribution in [0.5, 0.6) is 17.2 Å². The van der Waals surface area contributed by atoms with Crippen LogP contribution in [-0.4, -0.2) is 28.6 Å². The van der Waals surface area contributed by atoms with Crippen LogP contribution in [0.3, 0.4) is 0 Å². The average Bonchev–Trinajstić information content (AvgIpc) is 3.07. The van der Waals surface area contributed by atoms with Gasteiger partial charge in [-0.3, -0.25) is 14.3 Å². The molecule has 7 heteroatoms. The monoisotopic (exact) mass is 434 g/mol. The van der Waals surface area contributed by atoms with E-state index in [0.717, 1.165) is 22.5 Å². The van der Waals surface area contributed by atoms with E-state index in [9.17, 15) is 9.59 Å². The lowest BCUT2D eigenvalue weighted by Gasteiger charge is -2.08. The van der Waals surface area contributed by atoms with Gasteiger partial charge < -0.3 is 14.2 Å². The highest BCUT2D eigenvalue weighted by atomic mass is 16.6. The van der Waals surface area contributed by atoms with Crippen LogP contribution in [0, 0.1) is 6.92 Å². The van der Waals surface area contributed by atoms with Gasteiger partial charge in [0, 0.05) is 20.4 Å². The third-order valence-corrected chi connectivity index (χ3v) is 4.67. The van der Waals surface area contributed by atoms with Crippen LogP contribution in [-0.2, 0) is 29.7 Å². The molecule has 0 spiro atoms. The number of carbonyl (C=O) groups excluding carboxylic acids is 2. The zero-order valence-electron chi connectivity index (χ0n) is 18.6. The number of rotatable bonds is 9. The number of methoxy groups -OCH3 is 1. The Labute approximate surface area is 187 Å². The summed E-state index contributed by atoms with van der Waals surface area (Å²) < 4.78 is 18.0. The molecule has 0 aliphatic carbocycles. The number of aryl methyl sites for hydroxylation is 2. The van der Waals surface area contributed by atoms with Gasteiger partial charge in [0.05, 0.1) is 18.5 Å². The maximum Gasteiger partial charge on any atom is 0.308 e. The van der Waals surface area contributed by atoms with Crippen molar-refractivity contribution in [2.45, 2.75) is 26.9 Å². The molecule has 0 atom stereocenters. The molecule has 1 heterocycles. The summed E-state index contributed by atoms with van der Waals surface area (Å²) in [7, 11) is 3.38. The van der Waals surface area contributed by atoms with Gasteiger partial charge in [-0.1, -0.05) is 24.3 Å². The van der Waals surface area contributed by atoms with Crippen molar-refractivity contribution in [3.63, 3.8) is 0 Å². The van der Waals surface area contributed by atoms with Crippen LogP contribution in [0.25, 0.3) is 6.08 Å². The van der Waals surface area contributed by atoms with Crippen molar-refractivity contribution >= 4 is 17.8 Å². The van der Waals surface area contributed by atoms with Gasteiger partial charge in [0.15, 0.2) is 17.3 Å². The van der Waals surface area contributed by atoms with Crippen molar-refractivity contribution < 1.29 is 23.8 Å². The number of ketones is 1. The first-order valence-electron chi connectivity index (χ1n) is 10.1. The summed E-state index contributed by atoms with van der Waals surface area (Å²) in [6.07, 6.45) is 3.43. The van der Waals surface area contributed by atoms with Crippen LogP contribution in [0.15, 0.2) is 54.6 Å². The summed E-state index contributed by atoms with van der Waals surface area (Å²) in [5.41, 5.74) is 3.49. The molecule has 0 unspecified atom stereocenters. The number of aromatic nitrogens is 2. The van der Waals surface area contributed by atoms with Crippen molar-refractivity contribution in [1.29, 1.82) is 0 Å². The van der Waals surface area contributed by atoms with E-state index in [-0.39, 0.29) is 12.2 Å². The lowest BCUT2D eigenvalue weighted by atomic mass is 10.1. The first-order chi connectivity index (χ1) is 15.3. The van der Waals surface area contributed by atoms with E-state index in [1.54, 1.807) is 29.0 Å². The van der Waals surface area contributed by atoms with Crippen LogP contribution in [0.4, 0.5) is 0 Å². The SMILES string of the molecule is COc1ccc(/C=C/C(=O)Cc2cccc(OCc3cc(C)nn3C)c2)cc1OC(C)=O. The van der Waals surface area contributed by atoms with E-state index < -0.39 is 5.97 Å². The fraction of sp³-hybridized carbons (Fsp3) is 0.240. The Bertz CT molecular complexity index is 1150. The first kappa shape index (κ1) is 22.8. The molecule has 0 aliphatic heterocycles.